The lowest BCUT2D eigenvalue weighted by Crippen LogP contribution is -2.54. The third-order valence-electron chi connectivity index (χ3n) is 3.73. The molecular formula is C11H24N2S. The van der Waals surface area contributed by atoms with Crippen LogP contribution in [0, 0.1) is 0 Å². The van der Waals surface area contributed by atoms with Crippen LogP contribution in [0.15, 0.2) is 0 Å². The summed E-state index contributed by atoms with van der Waals surface area (Å²) < 4.78 is 0. The second-order valence-electron chi connectivity index (χ2n) is 4.55. The van der Waals surface area contributed by atoms with Crippen LogP contribution >= 0.6 is 11.8 Å². The molecule has 1 saturated carbocycles. The average Bonchev–Trinajstić information content (AvgIpc) is 2.66. The first kappa shape index (κ1) is 12.3. The van der Waals surface area contributed by atoms with Gasteiger partial charge in [-0.25, -0.2) is 0 Å². The van der Waals surface area contributed by atoms with E-state index in [0.717, 1.165) is 6.54 Å². The number of thioether (sulfide) groups is 1. The Hall–Kier alpha value is 0.270. The summed E-state index contributed by atoms with van der Waals surface area (Å²) >= 11 is 1.92. The van der Waals surface area contributed by atoms with Crippen molar-refractivity contribution in [2.24, 2.45) is 5.73 Å². The fraction of sp³-hybridized carbons (Fsp3) is 1.00. The molecule has 1 aliphatic rings. The predicted molar refractivity (Wildman–Crippen MR) is 65.9 cm³/mol. The van der Waals surface area contributed by atoms with Gasteiger partial charge in [0.05, 0.1) is 0 Å². The molecule has 0 radical (unpaired) electrons. The van der Waals surface area contributed by atoms with Crippen LogP contribution < -0.4 is 5.73 Å². The third-order valence-corrected chi connectivity index (χ3v) is 4.55. The lowest BCUT2D eigenvalue weighted by atomic mass is 9.94. The van der Waals surface area contributed by atoms with Crippen LogP contribution in [-0.2, 0) is 0 Å². The van der Waals surface area contributed by atoms with Crippen molar-refractivity contribution in [3.05, 3.63) is 0 Å². The summed E-state index contributed by atoms with van der Waals surface area (Å²) in [7, 11) is 2.25. The van der Waals surface area contributed by atoms with E-state index in [1.165, 1.54) is 31.4 Å². The highest BCUT2D eigenvalue weighted by Gasteiger charge is 2.37. The van der Waals surface area contributed by atoms with Crippen molar-refractivity contribution in [3.8, 4) is 0 Å². The molecule has 84 valence electrons. The summed E-state index contributed by atoms with van der Waals surface area (Å²) in [5.74, 6) is 1.21. The van der Waals surface area contributed by atoms with Crippen LogP contribution in [0.5, 0.6) is 0 Å². The van der Waals surface area contributed by atoms with Gasteiger partial charge in [-0.2, -0.15) is 11.8 Å². The number of likely N-dealkylation sites (N-methyl/N-ethyl adjacent to an activating group) is 1. The first-order chi connectivity index (χ1) is 6.66. The summed E-state index contributed by atoms with van der Waals surface area (Å²) in [6.45, 7) is 3.13. The van der Waals surface area contributed by atoms with E-state index < -0.39 is 0 Å². The zero-order valence-corrected chi connectivity index (χ0v) is 10.6. The molecule has 3 heteroatoms. The summed E-state index contributed by atoms with van der Waals surface area (Å²) in [6, 6.07) is 0.645. The molecule has 1 aliphatic carbocycles. The topological polar surface area (TPSA) is 29.3 Å². The van der Waals surface area contributed by atoms with Gasteiger partial charge in [-0.1, -0.05) is 12.8 Å². The fourth-order valence-electron chi connectivity index (χ4n) is 2.55. The first-order valence-corrected chi connectivity index (χ1v) is 6.97. The van der Waals surface area contributed by atoms with Crippen molar-refractivity contribution < 1.29 is 0 Å². The van der Waals surface area contributed by atoms with Gasteiger partial charge in [0.15, 0.2) is 0 Å². The molecule has 0 aromatic carbocycles. The molecule has 1 atom stereocenters. The van der Waals surface area contributed by atoms with Crippen molar-refractivity contribution in [1.29, 1.82) is 0 Å². The Kier molecular flexibility index (Phi) is 4.74. The van der Waals surface area contributed by atoms with Gasteiger partial charge in [0.2, 0.25) is 0 Å². The van der Waals surface area contributed by atoms with Crippen LogP contribution in [0.25, 0.3) is 0 Å². The fourth-order valence-corrected chi connectivity index (χ4v) is 3.26. The maximum absolute atomic E-state index is 5.96. The van der Waals surface area contributed by atoms with E-state index in [-0.39, 0.29) is 0 Å². The van der Waals surface area contributed by atoms with Crippen molar-refractivity contribution >= 4 is 11.8 Å². The molecule has 0 saturated heterocycles. The zero-order chi connectivity index (χ0) is 10.6. The van der Waals surface area contributed by atoms with Crippen molar-refractivity contribution in [3.63, 3.8) is 0 Å². The standard InChI is InChI=1S/C11H24N2S/c1-10(8-14-3)13(2)11(9-12)6-4-5-7-11/h10H,4-9,12H2,1-3H3. The molecule has 1 fully saturated rings. The van der Waals surface area contributed by atoms with E-state index in [4.69, 9.17) is 5.73 Å². The van der Waals surface area contributed by atoms with E-state index in [9.17, 15) is 0 Å². The van der Waals surface area contributed by atoms with E-state index in [1.54, 1.807) is 0 Å². The SMILES string of the molecule is CSCC(C)N(C)C1(CN)CCCC1. The van der Waals surface area contributed by atoms with E-state index in [2.05, 4.69) is 25.1 Å². The number of hydrogen-bond donors (Lipinski definition) is 1. The van der Waals surface area contributed by atoms with Gasteiger partial charge in [-0.3, -0.25) is 4.90 Å². The molecule has 2 nitrogen and oxygen atoms in total. The number of nitrogens with two attached hydrogens (primary N) is 1. The molecule has 0 aromatic heterocycles. The Morgan fingerprint density at radius 3 is 2.43 bits per heavy atom. The predicted octanol–water partition coefficient (Wildman–Crippen LogP) is 1.94. The van der Waals surface area contributed by atoms with Crippen LogP contribution in [0.1, 0.15) is 32.6 Å². The molecule has 0 bridgehead atoms. The second-order valence-corrected chi connectivity index (χ2v) is 5.46. The smallest absolute Gasteiger partial charge is 0.0331 e. The number of rotatable bonds is 5. The molecule has 0 aliphatic heterocycles. The molecular weight excluding hydrogens is 192 g/mol. The number of nitrogens with zero attached hydrogens (tertiary/aromatic N) is 1. The lowest BCUT2D eigenvalue weighted by molar-refractivity contribution is 0.0999. The highest BCUT2D eigenvalue weighted by molar-refractivity contribution is 7.98. The van der Waals surface area contributed by atoms with Gasteiger partial charge in [-0.05, 0) is 33.1 Å². The number of hydrogen-bond acceptors (Lipinski definition) is 3. The monoisotopic (exact) mass is 216 g/mol. The molecule has 2 N–H and O–H groups in total. The summed E-state index contributed by atoms with van der Waals surface area (Å²) in [4.78, 5) is 2.52. The largest absolute Gasteiger partial charge is 0.329 e. The van der Waals surface area contributed by atoms with Crippen LogP contribution in [-0.4, -0.2) is 42.1 Å². The quantitative estimate of drug-likeness (QED) is 0.761. The van der Waals surface area contributed by atoms with Gasteiger partial charge in [0.1, 0.15) is 0 Å². The van der Waals surface area contributed by atoms with Gasteiger partial charge < -0.3 is 5.73 Å². The van der Waals surface area contributed by atoms with Gasteiger partial charge in [0.25, 0.3) is 0 Å². The maximum Gasteiger partial charge on any atom is 0.0331 e. The minimum Gasteiger partial charge on any atom is -0.329 e. The van der Waals surface area contributed by atoms with E-state index >= 15 is 0 Å². The molecule has 0 aromatic rings. The molecule has 0 spiro atoms. The lowest BCUT2D eigenvalue weighted by Gasteiger charge is -2.41. The van der Waals surface area contributed by atoms with Crippen molar-refractivity contribution in [2.45, 2.75) is 44.2 Å². The Morgan fingerprint density at radius 1 is 1.43 bits per heavy atom. The minimum absolute atomic E-state index is 0.315. The Balaban J connectivity index is 2.59. The summed E-state index contributed by atoms with van der Waals surface area (Å²) in [6.07, 6.45) is 7.46. The molecule has 1 rings (SSSR count). The zero-order valence-electron chi connectivity index (χ0n) is 9.75. The molecule has 0 heterocycles. The highest BCUT2D eigenvalue weighted by atomic mass is 32.2. The average molecular weight is 216 g/mol. The van der Waals surface area contributed by atoms with Crippen LogP contribution in [0.2, 0.25) is 0 Å². The van der Waals surface area contributed by atoms with Crippen LogP contribution in [0.3, 0.4) is 0 Å². The Bertz CT molecular complexity index is 167. The normalized spacial score (nSPS) is 22.9. The second kappa shape index (κ2) is 5.38. The minimum atomic E-state index is 0.315. The summed E-state index contributed by atoms with van der Waals surface area (Å²) in [5.41, 5.74) is 6.27. The van der Waals surface area contributed by atoms with Gasteiger partial charge in [0, 0.05) is 23.9 Å². The first-order valence-electron chi connectivity index (χ1n) is 5.58. The molecule has 0 amide bonds. The molecule has 1 unspecified atom stereocenters. The summed E-state index contributed by atoms with van der Waals surface area (Å²) in [5, 5.41) is 0. The van der Waals surface area contributed by atoms with Gasteiger partial charge in [-0.15, -0.1) is 0 Å². The van der Waals surface area contributed by atoms with E-state index in [1.807, 2.05) is 11.8 Å². The highest BCUT2D eigenvalue weighted by Crippen LogP contribution is 2.34. The third kappa shape index (κ3) is 2.44. The Morgan fingerprint density at radius 2 is 2.00 bits per heavy atom. The Labute approximate surface area is 92.6 Å². The molecule has 14 heavy (non-hydrogen) atoms. The van der Waals surface area contributed by atoms with E-state index in [0.29, 0.717) is 11.6 Å². The van der Waals surface area contributed by atoms with Crippen LogP contribution in [0.4, 0.5) is 0 Å². The van der Waals surface area contributed by atoms with Crippen molar-refractivity contribution in [1.82, 2.24) is 4.90 Å². The van der Waals surface area contributed by atoms with Crippen molar-refractivity contribution in [2.75, 3.05) is 25.6 Å². The van der Waals surface area contributed by atoms with Gasteiger partial charge >= 0.3 is 0 Å². The maximum atomic E-state index is 5.96.